The molecule has 3 rings (SSSR count). The smallest absolute Gasteiger partial charge is 0.356 e. The first-order valence-corrected chi connectivity index (χ1v) is 6.82. The number of fused-ring (bicyclic) bond motifs is 1. The fraction of sp³-hybridized carbons (Fsp3) is 0.429. The predicted molar refractivity (Wildman–Crippen MR) is 73.2 cm³/mol. The Bertz CT molecular complexity index is 644. The third-order valence-corrected chi connectivity index (χ3v) is 3.74. The number of pyridine rings is 1. The average molecular weight is 275 g/mol. The largest absolute Gasteiger partial charge is 0.506 e. The second-order valence-corrected chi connectivity index (χ2v) is 5.18. The molecule has 6 nitrogen and oxygen atoms in total. The molecular weight excluding hydrogens is 258 g/mol. The molecule has 0 amide bonds. The van der Waals surface area contributed by atoms with Gasteiger partial charge in [0.05, 0.1) is 11.7 Å². The summed E-state index contributed by atoms with van der Waals surface area (Å²) < 4.78 is 1.68. The number of hydrogen-bond donors (Lipinski definition) is 3. The molecule has 1 aliphatic heterocycles. The lowest BCUT2D eigenvalue weighted by Crippen LogP contribution is -2.36. The van der Waals surface area contributed by atoms with Gasteiger partial charge in [0, 0.05) is 12.5 Å². The number of aromatic nitrogens is 2. The van der Waals surface area contributed by atoms with Crippen molar-refractivity contribution in [3.63, 3.8) is 0 Å². The van der Waals surface area contributed by atoms with Gasteiger partial charge >= 0.3 is 5.97 Å². The summed E-state index contributed by atoms with van der Waals surface area (Å²) in [6, 6.07) is 3.38. The summed E-state index contributed by atoms with van der Waals surface area (Å²) in [6.45, 7) is 0.991. The van der Waals surface area contributed by atoms with E-state index in [0.717, 1.165) is 13.0 Å². The highest BCUT2D eigenvalue weighted by molar-refractivity contribution is 5.93. The number of rotatable bonds is 3. The van der Waals surface area contributed by atoms with Crippen molar-refractivity contribution in [1.29, 1.82) is 0 Å². The lowest BCUT2D eigenvalue weighted by atomic mass is 10.0. The summed E-state index contributed by atoms with van der Waals surface area (Å²) in [5, 5.41) is 22.2. The monoisotopic (exact) mass is 275 g/mol. The first kappa shape index (κ1) is 12.9. The first-order chi connectivity index (χ1) is 9.65. The molecule has 1 saturated heterocycles. The minimum absolute atomic E-state index is 0.0378. The van der Waals surface area contributed by atoms with Gasteiger partial charge in [0.1, 0.15) is 11.6 Å². The number of carbonyl (C=O) groups is 1. The van der Waals surface area contributed by atoms with E-state index in [2.05, 4.69) is 10.3 Å². The summed E-state index contributed by atoms with van der Waals surface area (Å²) in [7, 11) is 0. The second kappa shape index (κ2) is 5.13. The number of carboxylic acids is 1. The minimum atomic E-state index is -1.05. The van der Waals surface area contributed by atoms with Crippen LogP contribution in [-0.4, -0.2) is 38.2 Å². The van der Waals surface area contributed by atoms with Crippen molar-refractivity contribution >= 4 is 11.5 Å². The Labute approximate surface area is 116 Å². The van der Waals surface area contributed by atoms with E-state index in [1.807, 2.05) is 0 Å². The number of aromatic hydroxyl groups is 1. The van der Waals surface area contributed by atoms with E-state index in [4.69, 9.17) is 0 Å². The predicted octanol–water partition coefficient (Wildman–Crippen LogP) is 1.42. The minimum Gasteiger partial charge on any atom is -0.506 e. The van der Waals surface area contributed by atoms with Gasteiger partial charge in [-0.3, -0.25) is 4.40 Å². The zero-order chi connectivity index (χ0) is 14.1. The maximum absolute atomic E-state index is 11.3. The molecule has 2 aromatic rings. The van der Waals surface area contributed by atoms with Crippen LogP contribution in [0.15, 0.2) is 18.3 Å². The fourth-order valence-corrected chi connectivity index (χ4v) is 2.76. The third kappa shape index (κ3) is 2.34. The van der Waals surface area contributed by atoms with Crippen LogP contribution in [0.2, 0.25) is 0 Å². The molecular formula is C14H17N3O3. The van der Waals surface area contributed by atoms with E-state index in [1.54, 1.807) is 10.5 Å². The molecule has 0 bridgehead atoms. The van der Waals surface area contributed by atoms with E-state index in [-0.39, 0.29) is 11.4 Å². The van der Waals surface area contributed by atoms with Crippen molar-refractivity contribution in [2.24, 2.45) is 0 Å². The van der Waals surface area contributed by atoms with Gasteiger partial charge in [-0.1, -0.05) is 6.42 Å². The topological polar surface area (TPSA) is 86.9 Å². The van der Waals surface area contributed by atoms with Gasteiger partial charge in [0.15, 0.2) is 5.69 Å². The highest BCUT2D eigenvalue weighted by Crippen LogP contribution is 2.20. The molecule has 2 aromatic heterocycles. The molecule has 106 valence electrons. The summed E-state index contributed by atoms with van der Waals surface area (Å²) in [4.78, 5) is 15.5. The molecule has 20 heavy (non-hydrogen) atoms. The van der Waals surface area contributed by atoms with E-state index < -0.39 is 5.97 Å². The Morgan fingerprint density at radius 2 is 2.30 bits per heavy atom. The van der Waals surface area contributed by atoms with Gasteiger partial charge < -0.3 is 15.5 Å². The molecule has 0 aromatic carbocycles. The SMILES string of the molecule is O=C(O)c1nc(CC2CCCCN2)n2cc(O)ccc12. The lowest BCUT2D eigenvalue weighted by molar-refractivity contribution is 0.0693. The van der Waals surface area contributed by atoms with Crippen molar-refractivity contribution in [3.05, 3.63) is 29.8 Å². The Morgan fingerprint density at radius 1 is 1.45 bits per heavy atom. The summed E-state index contributed by atoms with van der Waals surface area (Å²) >= 11 is 0. The van der Waals surface area contributed by atoms with Crippen LogP contribution in [-0.2, 0) is 6.42 Å². The van der Waals surface area contributed by atoms with Crippen molar-refractivity contribution in [2.75, 3.05) is 6.54 Å². The number of piperidine rings is 1. The van der Waals surface area contributed by atoms with E-state index in [9.17, 15) is 15.0 Å². The van der Waals surface area contributed by atoms with Crippen LogP contribution in [0.3, 0.4) is 0 Å². The van der Waals surface area contributed by atoms with Crippen molar-refractivity contribution in [2.45, 2.75) is 31.7 Å². The number of nitrogens with one attached hydrogen (secondary N) is 1. The molecule has 1 fully saturated rings. The lowest BCUT2D eigenvalue weighted by Gasteiger charge is -2.22. The standard InChI is InChI=1S/C14H17N3O3/c18-10-4-5-11-13(14(19)20)16-12(17(11)8-10)7-9-3-1-2-6-15-9/h4-5,8-9,15,18H,1-3,6-7H2,(H,19,20). The Kier molecular flexibility index (Phi) is 3.31. The quantitative estimate of drug-likeness (QED) is 0.788. The highest BCUT2D eigenvalue weighted by Gasteiger charge is 2.20. The zero-order valence-electron chi connectivity index (χ0n) is 11.0. The second-order valence-electron chi connectivity index (χ2n) is 5.18. The van der Waals surface area contributed by atoms with Crippen LogP contribution in [0, 0.1) is 0 Å². The summed E-state index contributed by atoms with van der Waals surface area (Å²) in [5.74, 6) is -0.270. The van der Waals surface area contributed by atoms with Gasteiger partial charge in [-0.25, -0.2) is 9.78 Å². The molecule has 1 atom stereocenters. The van der Waals surface area contributed by atoms with Crippen LogP contribution in [0.4, 0.5) is 0 Å². The molecule has 1 unspecified atom stereocenters. The Hall–Kier alpha value is -2.08. The van der Waals surface area contributed by atoms with Crippen LogP contribution in [0.5, 0.6) is 5.75 Å². The van der Waals surface area contributed by atoms with Crippen LogP contribution in [0.1, 0.15) is 35.6 Å². The highest BCUT2D eigenvalue weighted by atomic mass is 16.4. The number of carboxylic acid groups (broad SMARTS) is 1. The van der Waals surface area contributed by atoms with Crippen LogP contribution < -0.4 is 5.32 Å². The normalized spacial score (nSPS) is 19.3. The van der Waals surface area contributed by atoms with Gasteiger partial charge in [-0.05, 0) is 31.5 Å². The van der Waals surface area contributed by atoms with E-state index in [1.165, 1.54) is 25.1 Å². The van der Waals surface area contributed by atoms with Crippen LogP contribution in [0.25, 0.3) is 5.52 Å². The zero-order valence-corrected chi connectivity index (χ0v) is 11.0. The summed E-state index contributed by atoms with van der Waals surface area (Å²) in [5.41, 5.74) is 0.553. The van der Waals surface area contributed by atoms with E-state index in [0.29, 0.717) is 23.8 Å². The molecule has 0 aliphatic carbocycles. The third-order valence-electron chi connectivity index (χ3n) is 3.74. The van der Waals surface area contributed by atoms with Gasteiger partial charge in [0.2, 0.25) is 0 Å². The number of aromatic carboxylic acids is 1. The van der Waals surface area contributed by atoms with E-state index >= 15 is 0 Å². The molecule has 3 heterocycles. The maximum Gasteiger partial charge on any atom is 0.356 e. The molecule has 6 heteroatoms. The maximum atomic E-state index is 11.3. The summed E-state index contributed by atoms with van der Waals surface area (Å²) in [6.07, 6.45) is 5.61. The number of nitrogens with zero attached hydrogens (tertiary/aromatic N) is 2. The molecule has 0 saturated carbocycles. The molecule has 3 N–H and O–H groups in total. The molecule has 0 radical (unpaired) electrons. The number of hydrogen-bond acceptors (Lipinski definition) is 4. The fourth-order valence-electron chi connectivity index (χ4n) is 2.76. The Balaban J connectivity index is 2.00. The van der Waals surface area contributed by atoms with Crippen molar-refractivity contribution < 1.29 is 15.0 Å². The van der Waals surface area contributed by atoms with Crippen LogP contribution >= 0.6 is 0 Å². The molecule has 1 aliphatic rings. The first-order valence-electron chi connectivity index (χ1n) is 6.82. The van der Waals surface area contributed by atoms with Gasteiger partial charge in [-0.15, -0.1) is 0 Å². The molecule has 0 spiro atoms. The van der Waals surface area contributed by atoms with Crippen molar-refractivity contribution in [1.82, 2.24) is 14.7 Å². The van der Waals surface area contributed by atoms with Crippen molar-refractivity contribution in [3.8, 4) is 5.75 Å². The average Bonchev–Trinajstić information content (AvgIpc) is 2.78. The van der Waals surface area contributed by atoms with Gasteiger partial charge in [-0.2, -0.15) is 0 Å². The Morgan fingerprint density at radius 3 is 3.00 bits per heavy atom. The van der Waals surface area contributed by atoms with Gasteiger partial charge in [0.25, 0.3) is 0 Å². The number of imidazole rings is 1.